The molecule has 0 amide bonds. The summed E-state index contributed by atoms with van der Waals surface area (Å²) in [7, 11) is 3.75. The van der Waals surface area contributed by atoms with Gasteiger partial charge in [-0.25, -0.2) is 4.79 Å². The quantitative estimate of drug-likeness (QED) is 0.528. The average Bonchev–Trinajstić information content (AvgIpc) is 2.61. The Bertz CT molecular complexity index is 563. The zero-order valence-corrected chi connectivity index (χ0v) is 15.4. The Morgan fingerprint density at radius 2 is 1.92 bits per heavy atom. The predicted octanol–water partition coefficient (Wildman–Crippen LogP) is 1.86. The maximum Gasteiger partial charge on any atom is 0.340 e. The molecule has 0 radical (unpaired) electrons. The van der Waals surface area contributed by atoms with Gasteiger partial charge in [0.2, 0.25) is 0 Å². The first-order valence-corrected chi connectivity index (χ1v) is 8.69. The van der Waals surface area contributed by atoms with Gasteiger partial charge in [0, 0.05) is 39.9 Å². The van der Waals surface area contributed by atoms with Crippen molar-refractivity contribution in [2.45, 2.75) is 6.92 Å². The Hall–Kier alpha value is -2.05. The van der Waals surface area contributed by atoms with Gasteiger partial charge < -0.3 is 19.1 Å². The van der Waals surface area contributed by atoms with Gasteiger partial charge in [0.25, 0.3) is 0 Å². The van der Waals surface area contributed by atoms with E-state index < -0.39 is 0 Å². The molecule has 1 aliphatic heterocycles. The van der Waals surface area contributed by atoms with Crippen LogP contribution in [0, 0.1) is 0 Å². The highest BCUT2D eigenvalue weighted by atomic mass is 16.5. The molecule has 1 fully saturated rings. The number of nitrogens with zero attached hydrogens (tertiary/aromatic N) is 2. The molecule has 0 unspecified atom stereocenters. The van der Waals surface area contributed by atoms with Crippen molar-refractivity contribution >= 4 is 11.5 Å². The number of carbonyl (C=O) groups excluding carboxylic acids is 1. The number of carbonyl (C=O) groups is 1. The highest BCUT2D eigenvalue weighted by Crippen LogP contribution is 2.20. The molecule has 0 atom stereocenters. The second-order valence-electron chi connectivity index (χ2n) is 6.05. The fourth-order valence-corrected chi connectivity index (χ4v) is 2.56. The first-order valence-electron chi connectivity index (χ1n) is 8.69. The van der Waals surface area contributed by atoms with Crippen LogP contribution in [0.3, 0.4) is 0 Å². The molecule has 0 saturated carbocycles. The molecule has 1 aliphatic rings. The number of benzene rings is 1. The molecule has 6 nitrogen and oxygen atoms in total. The van der Waals surface area contributed by atoms with E-state index in [1.807, 2.05) is 43.3 Å². The summed E-state index contributed by atoms with van der Waals surface area (Å²) < 4.78 is 16.3. The molecule has 1 aromatic rings. The number of hydrogen-bond donors (Lipinski definition) is 0. The van der Waals surface area contributed by atoms with Crippen LogP contribution in [0.1, 0.15) is 12.5 Å². The third kappa shape index (κ3) is 6.40. The second kappa shape index (κ2) is 10.1. The van der Waals surface area contributed by atoms with Crippen LogP contribution in [-0.2, 0) is 14.3 Å². The third-order valence-corrected chi connectivity index (χ3v) is 3.83. The Labute approximate surface area is 150 Å². The average molecular weight is 348 g/mol. The molecule has 6 heteroatoms. The maximum absolute atomic E-state index is 12.1. The van der Waals surface area contributed by atoms with Gasteiger partial charge in [0.1, 0.15) is 12.4 Å². The van der Waals surface area contributed by atoms with Crippen LogP contribution in [0.4, 0.5) is 0 Å². The summed E-state index contributed by atoms with van der Waals surface area (Å²) in [5.74, 6) is 0.474. The molecule has 1 aromatic carbocycles. The minimum absolute atomic E-state index is 0.322. The molecule has 0 aromatic heterocycles. The largest absolute Gasteiger partial charge is 0.492 e. The van der Waals surface area contributed by atoms with Gasteiger partial charge in [-0.05, 0) is 24.6 Å². The molecule has 25 heavy (non-hydrogen) atoms. The van der Waals surface area contributed by atoms with Crippen LogP contribution in [-0.4, -0.2) is 75.9 Å². The Balaban J connectivity index is 1.93. The summed E-state index contributed by atoms with van der Waals surface area (Å²) in [5.41, 5.74) is 1.35. The van der Waals surface area contributed by atoms with Crippen molar-refractivity contribution in [2.24, 2.45) is 0 Å². The van der Waals surface area contributed by atoms with Crippen LogP contribution in [0.2, 0.25) is 0 Å². The van der Waals surface area contributed by atoms with E-state index >= 15 is 0 Å². The van der Waals surface area contributed by atoms with Gasteiger partial charge in [0.15, 0.2) is 0 Å². The van der Waals surface area contributed by atoms with Crippen LogP contribution >= 0.6 is 0 Å². The summed E-state index contributed by atoms with van der Waals surface area (Å²) >= 11 is 0. The fourth-order valence-electron chi connectivity index (χ4n) is 2.56. The Kier molecular flexibility index (Phi) is 7.76. The van der Waals surface area contributed by atoms with Gasteiger partial charge in [-0.3, -0.25) is 4.90 Å². The van der Waals surface area contributed by atoms with E-state index in [4.69, 9.17) is 14.2 Å². The van der Waals surface area contributed by atoms with Crippen molar-refractivity contribution in [3.05, 3.63) is 36.0 Å². The van der Waals surface area contributed by atoms with E-state index in [0.29, 0.717) is 18.8 Å². The van der Waals surface area contributed by atoms with Gasteiger partial charge in [0.05, 0.1) is 25.4 Å². The van der Waals surface area contributed by atoms with E-state index in [0.717, 1.165) is 44.2 Å². The lowest BCUT2D eigenvalue weighted by Gasteiger charge is -2.26. The third-order valence-electron chi connectivity index (χ3n) is 3.83. The molecule has 138 valence electrons. The van der Waals surface area contributed by atoms with Crippen LogP contribution in [0.5, 0.6) is 5.75 Å². The molecule has 1 saturated heterocycles. The van der Waals surface area contributed by atoms with Crippen LogP contribution in [0.25, 0.3) is 5.57 Å². The van der Waals surface area contributed by atoms with Gasteiger partial charge >= 0.3 is 5.97 Å². The summed E-state index contributed by atoms with van der Waals surface area (Å²) in [5, 5.41) is 0. The lowest BCUT2D eigenvalue weighted by molar-refractivity contribution is -0.136. The monoisotopic (exact) mass is 348 g/mol. The maximum atomic E-state index is 12.1. The zero-order valence-electron chi connectivity index (χ0n) is 15.4. The molecule has 0 spiro atoms. The first-order chi connectivity index (χ1) is 12.1. The number of esters is 1. The van der Waals surface area contributed by atoms with Crippen molar-refractivity contribution in [1.29, 1.82) is 0 Å². The summed E-state index contributed by atoms with van der Waals surface area (Å²) in [6, 6.07) is 7.54. The predicted molar refractivity (Wildman–Crippen MR) is 97.5 cm³/mol. The molecule has 0 N–H and O–H groups in total. The smallest absolute Gasteiger partial charge is 0.340 e. The normalized spacial score (nSPS) is 15.7. The van der Waals surface area contributed by atoms with E-state index in [2.05, 4.69) is 4.90 Å². The minimum Gasteiger partial charge on any atom is -0.492 e. The van der Waals surface area contributed by atoms with E-state index in [-0.39, 0.29) is 5.97 Å². The Morgan fingerprint density at radius 3 is 2.52 bits per heavy atom. The van der Waals surface area contributed by atoms with Crippen molar-refractivity contribution in [1.82, 2.24) is 9.80 Å². The van der Waals surface area contributed by atoms with Crippen LogP contribution in [0.15, 0.2) is 30.5 Å². The molecular weight excluding hydrogens is 320 g/mol. The highest BCUT2D eigenvalue weighted by molar-refractivity contribution is 6.16. The van der Waals surface area contributed by atoms with Crippen molar-refractivity contribution in [3.63, 3.8) is 0 Å². The second-order valence-corrected chi connectivity index (χ2v) is 6.05. The van der Waals surface area contributed by atoms with Gasteiger partial charge in [-0.15, -0.1) is 0 Å². The number of ether oxygens (including phenoxy) is 3. The van der Waals surface area contributed by atoms with Crippen molar-refractivity contribution < 1.29 is 19.0 Å². The van der Waals surface area contributed by atoms with E-state index in [1.54, 1.807) is 13.1 Å². The molecular formula is C19H28N2O4. The summed E-state index contributed by atoms with van der Waals surface area (Å²) in [6.07, 6.45) is 1.77. The standard InChI is InChI=1S/C19H28N2O4/c1-4-24-19(22)18(15-20(2)3)16-5-7-17(8-6-16)25-14-11-21-9-12-23-13-10-21/h5-8,15H,4,9-14H2,1-3H3. The molecule has 2 rings (SSSR count). The topological polar surface area (TPSA) is 51.2 Å². The zero-order chi connectivity index (χ0) is 18.1. The van der Waals surface area contributed by atoms with Crippen LogP contribution < -0.4 is 4.74 Å². The number of morpholine rings is 1. The lowest BCUT2D eigenvalue weighted by Crippen LogP contribution is -2.38. The van der Waals surface area contributed by atoms with Crippen molar-refractivity contribution in [2.75, 3.05) is 60.2 Å². The number of hydrogen-bond acceptors (Lipinski definition) is 6. The minimum atomic E-state index is -0.322. The summed E-state index contributed by atoms with van der Waals surface area (Å²) in [6.45, 7) is 7.19. The number of rotatable bonds is 8. The highest BCUT2D eigenvalue weighted by Gasteiger charge is 2.14. The van der Waals surface area contributed by atoms with Gasteiger partial charge in [-0.1, -0.05) is 12.1 Å². The Morgan fingerprint density at radius 1 is 1.24 bits per heavy atom. The fraction of sp³-hybridized carbons (Fsp3) is 0.526. The molecule has 0 bridgehead atoms. The lowest BCUT2D eigenvalue weighted by atomic mass is 10.1. The van der Waals surface area contributed by atoms with E-state index in [9.17, 15) is 4.79 Å². The summed E-state index contributed by atoms with van der Waals surface area (Å²) in [4.78, 5) is 16.3. The van der Waals surface area contributed by atoms with E-state index in [1.165, 1.54) is 0 Å². The first kappa shape index (κ1) is 19.3. The molecule has 1 heterocycles. The SMILES string of the molecule is CCOC(=O)C(=CN(C)C)c1ccc(OCCN2CCOCC2)cc1. The van der Waals surface area contributed by atoms with Crippen molar-refractivity contribution in [3.8, 4) is 5.75 Å². The molecule has 0 aliphatic carbocycles. The van der Waals surface area contributed by atoms with Gasteiger partial charge in [-0.2, -0.15) is 0 Å².